The quantitative estimate of drug-likeness (QED) is 0.751. The van der Waals surface area contributed by atoms with Crippen LogP contribution < -0.4 is 10.9 Å². The lowest BCUT2D eigenvalue weighted by Gasteiger charge is -2.11. The van der Waals surface area contributed by atoms with Gasteiger partial charge in [-0.25, -0.2) is 4.68 Å². The van der Waals surface area contributed by atoms with Crippen LogP contribution in [0.2, 0.25) is 0 Å². The molecule has 0 saturated heterocycles. The van der Waals surface area contributed by atoms with Gasteiger partial charge in [-0.1, -0.05) is 40.2 Å². The van der Waals surface area contributed by atoms with E-state index in [1.807, 2.05) is 44.2 Å². The molecule has 0 bridgehead atoms. The Hall–Kier alpha value is -2.47. The van der Waals surface area contributed by atoms with E-state index >= 15 is 0 Å². The van der Waals surface area contributed by atoms with Crippen LogP contribution >= 0.6 is 15.9 Å². The van der Waals surface area contributed by atoms with Crippen molar-refractivity contribution in [1.29, 1.82) is 0 Å². The van der Waals surface area contributed by atoms with Crippen LogP contribution in [0.1, 0.15) is 11.3 Å². The third kappa shape index (κ3) is 3.23. The first-order chi connectivity index (χ1) is 11.5. The number of halogens is 1. The van der Waals surface area contributed by atoms with Crippen LogP contribution in [-0.2, 0) is 11.3 Å². The van der Waals surface area contributed by atoms with Gasteiger partial charge in [0, 0.05) is 15.5 Å². The largest absolute Gasteiger partial charge is 0.324 e. The Morgan fingerprint density at radius 2 is 1.88 bits per heavy atom. The van der Waals surface area contributed by atoms with Crippen molar-refractivity contribution in [2.75, 3.05) is 5.32 Å². The summed E-state index contributed by atoms with van der Waals surface area (Å²) in [5.74, 6) is -0.291. The van der Waals surface area contributed by atoms with E-state index in [1.165, 1.54) is 4.68 Å². The average molecular weight is 386 g/mol. The number of carbonyl (C=O) groups excluding carboxylic acids is 1. The van der Waals surface area contributed by atoms with Crippen LogP contribution in [0.4, 0.5) is 5.69 Å². The van der Waals surface area contributed by atoms with E-state index in [1.54, 1.807) is 12.1 Å². The molecule has 0 fully saturated rings. The minimum Gasteiger partial charge on any atom is -0.324 e. The molecule has 0 unspecified atom stereocenters. The van der Waals surface area contributed by atoms with Gasteiger partial charge >= 0.3 is 0 Å². The Morgan fingerprint density at radius 1 is 1.17 bits per heavy atom. The van der Waals surface area contributed by atoms with Crippen molar-refractivity contribution in [2.45, 2.75) is 20.4 Å². The molecule has 0 aliphatic carbocycles. The van der Waals surface area contributed by atoms with Gasteiger partial charge in [0.1, 0.15) is 6.54 Å². The van der Waals surface area contributed by atoms with Gasteiger partial charge in [0.2, 0.25) is 5.91 Å². The fourth-order valence-corrected chi connectivity index (χ4v) is 2.93. The zero-order valence-electron chi connectivity index (χ0n) is 13.3. The first-order valence-corrected chi connectivity index (χ1v) is 8.27. The zero-order valence-corrected chi connectivity index (χ0v) is 14.9. The fraction of sp³-hybridized carbons (Fsp3) is 0.167. The summed E-state index contributed by atoms with van der Waals surface area (Å²) in [5, 5.41) is 8.46. The molecular formula is C18H16BrN3O2. The molecule has 24 heavy (non-hydrogen) atoms. The predicted octanol–water partition coefficient (Wildman–Crippen LogP) is 3.41. The van der Waals surface area contributed by atoms with Gasteiger partial charge in [0.15, 0.2) is 0 Å². The number of aromatic nitrogens is 2. The molecule has 0 radical (unpaired) electrons. The Morgan fingerprint density at radius 3 is 2.62 bits per heavy atom. The topological polar surface area (TPSA) is 64.0 Å². The van der Waals surface area contributed by atoms with E-state index in [4.69, 9.17) is 0 Å². The van der Waals surface area contributed by atoms with E-state index in [0.29, 0.717) is 11.1 Å². The number of nitrogens with one attached hydrogen (secondary N) is 1. The van der Waals surface area contributed by atoms with E-state index in [2.05, 4.69) is 26.3 Å². The molecule has 122 valence electrons. The molecule has 1 amide bonds. The number of hydrogen-bond donors (Lipinski definition) is 1. The molecule has 0 saturated carbocycles. The minimum absolute atomic E-state index is 0.129. The molecule has 6 heteroatoms. The van der Waals surface area contributed by atoms with Gasteiger partial charge in [-0.15, -0.1) is 0 Å². The van der Waals surface area contributed by atoms with Crippen molar-refractivity contribution in [1.82, 2.24) is 9.78 Å². The molecule has 3 aromatic rings. The van der Waals surface area contributed by atoms with Crippen LogP contribution in [0.3, 0.4) is 0 Å². The second kappa shape index (κ2) is 6.57. The molecule has 1 aromatic heterocycles. The summed E-state index contributed by atoms with van der Waals surface area (Å²) in [5.41, 5.74) is 2.11. The lowest BCUT2D eigenvalue weighted by molar-refractivity contribution is -0.117. The molecule has 0 atom stereocenters. The Labute approximate surface area is 147 Å². The maximum atomic E-state index is 12.5. The lowest BCUT2D eigenvalue weighted by Crippen LogP contribution is -2.30. The Kier molecular flexibility index (Phi) is 4.49. The number of hydrogen-bond acceptors (Lipinski definition) is 3. The molecular weight excluding hydrogens is 370 g/mol. The third-order valence-corrected chi connectivity index (χ3v) is 4.31. The summed E-state index contributed by atoms with van der Waals surface area (Å²) in [7, 11) is 0. The number of carbonyl (C=O) groups is 1. The standard InChI is InChI=1S/C18H16BrN3O2/c1-11-7-8-13(19)9-16(11)20-17(23)10-22-18(24)15-6-4-3-5-14(15)12(2)21-22/h3-9H,10H2,1-2H3,(H,20,23). The lowest BCUT2D eigenvalue weighted by atomic mass is 10.1. The Bertz CT molecular complexity index is 995. The number of nitrogens with zero attached hydrogens (tertiary/aromatic N) is 2. The summed E-state index contributed by atoms with van der Waals surface area (Å²) < 4.78 is 2.08. The number of rotatable bonds is 3. The van der Waals surface area contributed by atoms with Crippen LogP contribution in [0, 0.1) is 13.8 Å². The van der Waals surface area contributed by atoms with Crippen molar-refractivity contribution in [2.24, 2.45) is 0 Å². The summed E-state index contributed by atoms with van der Waals surface area (Å²) in [4.78, 5) is 24.8. The molecule has 5 nitrogen and oxygen atoms in total. The number of fused-ring (bicyclic) bond motifs is 1. The highest BCUT2D eigenvalue weighted by Crippen LogP contribution is 2.20. The first kappa shape index (κ1) is 16.4. The van der Waals surface area contributed by atoms with Crippen molar-refractivity contribution in [3.05, 3.63) is 68.5 Å². The maximum Gasteiger partial charge on any atom is 0.275 e. The normalized spacial score (nSPS) is 10.8. The molecule has 1 heterocycles. The highest BCUT2D eigenvalue weighted by molar-refractivity contribution is 9.10. The van der Waals surface area contributed by atoms with Gasteiger partial charge < -0.3 is 5.32 Å². The van der Waals surface area contributed by atoms with Crippen LogP contribution in [0.25, 0.3) is 10.8 Å². The van der Waals surface area contributed by atoms with Gasteiger partial charge in [0.05, 0.1) is 11.1 Å². The van der Waals surface area contributed by atoms with Crippen LogP contribution in [0.15, 0.2) is 51.7 Å². The van der Waals surface area contributed by atoms with E-state index < -0.39 is 0 Å². The van der Waals surface area contributed by atoms with Gasteiger partial charge in [-0.05, 0) is 37.6 Å². The molecule has 3 rings (SSSR count). The fourth-order valence-electron chi connectivity index (χ4n) is 2.57. The highest BCUT2D eigenvalue weighted by Gasteiger charge is 2.11. The number of anilines is 1. The average Bonchev–Trinajstić information content (AvgIpc) is 2.56. The summed E-state index contributed by atoms with van der Waals surface area (Å²) in [6, 6.07) is 12.9. The van der Waals surface area contributed by atoms with E-state index in [-0.39, 0.29) is 18.0 Å². The smallest absolute Gasteiger partial charge is 0.275 e. The Balaban J connectivity index is 1.90. The van der Waals surface area contributed by atoms with Crippen molar-refractivity contribution in [3.8, 4) is 0 Å². The van der Waals surface area contributed by atoms with Crippen LogP contribution in [0.5, 0.6) is 0 Å². The SMILES string of the molecule is Cc1ccc(Br)cc1NC(=O)Cn1nc(C)c2ccccc2c1=O. The summed E-state index contributed by atoms with van der Waals surface area (Å²) in [6.45, 7) is 3.61. The van der Waals surface area contributed by atoms with Gasteiger partial charge in [-0.2, -0.15) is 5.10 Å². The van der Waals surface area contributed by atoms with Crippen molar-refractivity contribution >= 4 is 38.3 Å². The first-order valence-electron chi connectivity index (χ1n) is 7.48. The molecule has 0 aliphatic rings. The molecule has 0 aliphatic heterocycles. The highest BCUT2D eigenvalue weighted by atomic mass is 79.9. The van der Waals surface area contributed by atoms with E-state index in [0.717, 1.165) is 21.1 Å². The van der Waals surface area contributed by atoms with Gasteiger partial charge in [0.25, 0.3) is 5.56 Å². The minimum atomic E-state index is -0.291. The molecule has 2 aromatic carbocycles. The zero-order chi connectivity index (χ0) is 17.3. The summed E-state index contributed by atoms with van der Waals surface area (Å²) in [6.07, 6.45) is 0. The monoisotopic (exact) mass is 385 g/mol. The molecule has 1 N–H and O–H groups in total. The third-order valence-electron chi connectivity index (χ3n) is 3.82. The van der Waals surface area contributed by atoms with E-state index in [9.17, 15) is 9.59 Å². The van der Waals surface area contributed by atoms with Gasteiger partial charge in [-0.3, -0.25) is 9.59 Å². The number of aryl methyl sites for hydroxylation is 2. The predicted molar refractivity (Wildman–Crippen MR) is 98.2 cm³/mol. The number of amides is 1. The van der Waals surface area contributed by atoms with Crippen LogP contribution in [-0.4, -0.2) is 15.7 Å². The van der Waals surface area contributed by atoms with Crippen molar-refractivity contribution < 1.29 is 4.79 Å². The second-order valence-corrected chi connectivity index (χ2v) is 6.52. The second-order valence-electron chi connectivity index (χ2n) is 5.60. The summed E-state index contributed by atoms with van der Waals surface area (Å²) >= 11 is 3.38. The number of benzene rings is 2. The van der Waals surface area contributed by atoms with Crippen molar-refractivity contribution in [3.63, 3.8) is 0 Å². The maximum absolute atomic E-state index is 12.5. The molecule has 0 spiro atoms.